The lowest BCUT2D eigenvalue weighted by molar-refractivity contribution is -0.138. The lowest BCUT2D eigenvalue weighted by atomic mass is 10.0. The molecular formula is C29H34N2O3. The van der Waals surface area contributed by atoms with Crippen LogP contribution in [0.2, 0.25) is 0 Å². The average Bonchev–Trinajstić information content (AvgIpc) is 3.52. The Morgan fingerprint density at radius 2 is 1.85 bits per heavy atom. The van der Waals surface area contributed by atoms with E-state index in [1.807, 2.05) is 37.3 Å². The molecule has 2 N–H and O–H groups in total. The second-order valence-electron chi connectivity index (χ2n) is 9.55. The fourth-order valence-electron chi connectivity index (χ4n) is 4.83. The Morgan fingerprint density at radius 3 is 2.53 bits per heavy atom. The summed E-state index contributed by atoms with van der Waals surface area (Å²) in [5.74, 6) is -1.15. The van der Waals surface area contributed by atoms with Crippen molar-refractivity contribution in [3.05, 3.63) is 88.7 Å². The molecule has 5 nitrogen and oxygen atoms in total. The molecule has 3 atom stereocenters. The smallest absolute Gasteiger partial charge is 0.307 e. The van der Waals surface area contributed by atoms with Gasteiger partial charge in [0.05, 0.1) is 5.92 Å². The van der Waals surface area contributed by atoms with E-state index in [1.54, 1.807) is 0 Å². The van der Waals surface area contributed by atoms with E-state index in [1.165, 1.54) is 11.3 Å². The monoisotopic (exact) mass is 458 g/mol. The van der Waals surface area contributed by atoms with Gasteiger partial charge in [0.2, 0.25) is 0 Å². The quantitative estimate of drug-likeness (QED) is 0.370. The Kier molecular flexibility index (Phi) is 7.20. The van der Waals surface area contributed by atoms with Gasteiger partial charge in [-0.1, -0.05) is 43.3 Å². The Morgan fingerprint density at radius 1 is 1.09 bits per heavy atom. The standard InChI is InChI=1S/C29H34N2O3/c1-4-20(3)31-24(12-8-11-21-9-6-5-7-10-21)13-14-27(31)28(32)30-23-16-19(2)15-22(17-23)25-18-26(25)29(33)34/h5-7,9-10,13-17,20,25-26H,4,8,11-12,18H2,1-3H3,(H,30,32)(H,33,34)/t20-,25+,26-/m0/s1. The van der Waals surface area contributed by atoms with Gasteiger partial charge in [-0.3, -0.25) is 9.59 Å². The van der Waals surface area contributed by atoms with Crippen LogP contribution in [0.3, 0.4) is 0 Å². The summed E-state index contributed by atoms with van der Waals surface area (Å²) < 4.78 is 2.18. The molecule has 0 bridgehead atoms. The van der Waals surface area contributed by atoms with Gasteiger partial charge in [-0.05, 0) is 92.8 Å². The van der Waals surface area contributed by atoms with Crippen LogP contribution in [0, 0.1) is 12.8 Å². The minimum absolute atomic E-state index is 0.0354. The molecule has 0 aliphatic heterocycles. The van der Waals surface area contributed by atoms with Gasteiger partial charge >= 0.3 is 5.97 Å². The summed E-state index contributed by atoms with van der Waals surface area (Å²) in [4.78, 5) is 24.6. The van der Waals surface area contributed by atoms with E-state index >= 15 is 0 Å². The van der Waals surface area contributed by atoms with E-state index < -0.39 is 5.97 Å². The molecule has 1 heterocycles. The Bertz CT molecular complexity index is 1170. The summed E-state index contributed by atoms with van der Waals surface area (Å²) in [7, 11) is 0. The van der Waals surface area contributed by atoms with Crippen molar-refractivity contribution in [2.45, 2.75) is 64.8 Å². The third-order valence-electron chi connectivity index (χ3n) is 6.90. The van der Waals surface area contributed by atoms with Gasteiger partial charge < -0.3 is 15.0 Å². The zero-order valence-electron chi connectivity index (χ0n) is 20.3. The summed E-state index contributed by atoms with van der Waals surface area (Å²) in [6.45, 7) is 6.27. The number of hydrogen-bond acceptors (Lipinski definition) is 2. The number of nitrogens with one attached hydrogen (secondary N) is 1. The van der Waals surface area contributed by atoms with Gasteiger partial charge in [0, 0.05) is 17.4 Å². The normalized spacial score (nSPS) is 17.9. The molecule has 0 saturated heterocycles. The molecule has 4 rings (SSSR count). The van der Waals surface area contributed by atoms with Crippen molar-refractivity contribution >= 4 is 17.6 Å². The molecule has 2 aromatic carbocycles. The van der Waals surface area contributed by atoms with Crippen molar-refractivity contribution in [3.8, 4) is 0 Å². The maximum atomic E-state index is 13.3. The van der Waals surface area contributed by atoms with Crippen LogP contribution in [0.15, 0.2) is 60.7 Å². The molecule has 1 fully saturated rings. The predicted octanol–water partition coefficient (Wildman–Crippen LogP) is 6.38. The zero-order chi connectivity index (χ0) is 24.2. The van der Waals surface area contributed by atoms with E-state index in [-0.39, 0.29) is 23.8 Å². The Hall–Kier alpha value is -3.34. The van der Waals surface area contributed by atoms with Gasteiger partial charge in [-0.15, -0.1) is 0 Å². The molecule has 1 saturated carbocycles. The molecule has 178 valence electrons. The van der Waals surface area contributed by atoms with Crippen molar-refractivity contribution in [2.24, 2.45) is 5.92 Å². The molecule has 1 amide bonds. The van der Waals surface area contributed by atoms with E-state index in [0.717, 1.165) is 42.5 Å². The molecule has 34 heavy (non-hydrogen) atoms. The van der Waals surface area contributed by atoms with Crippen molar-refractivity contribution in [1.82, 2.24) is 4.57 Å². The lowest BCUT2D eigenvalue weighted by Gasteiger charge is -2.20. The number of aromatic nitrogens is 1. The van der Waals surface area contributed by atoms with Crippen LogP contribution < -0.4 is 5.32 Å². The van der Waals surface area contributed by atoms with Crippen LogP contribution in [0.25, 0.3) is 0 Å². The average molecular weight is 459 g/mol. The number of hydrogen-bond donors (Lipinski definition) is 2. The first-order valence-electron chi connectivity index (χ1n) is 12.3. The molecular weight excluding hydrogens is 424 g/mol. The number of aryl methyl sites for hydroxylation is 3. The molecule has 5 heteroatoms. The molecule has 1 aliphatic rings. The Balaban J connectivity index is 1.49. The highest BCUT2D eigenvalue weighted by atomic mass is 16.4. The number of nitrogens with zero attached hydrogens (tertiary/aromatic N) is 1. The van der Waals surface area contributed by atoms with E-state index in [4.69, 9.17) is 0 Å². The van der Waals surface area contributed by atoms with Gasteiger partial charge in [0.15, 0.2) is 0 Å². The van der Waals surface area contributed by atoms with Crippen LogP contribution in [0.5, 0.6) is 0 Å². The second kappa shape index (κ2) is 10.3. The number of aliphatic carboxylic acids is 1. The van der Waals surface area contributed by atoms with Gasteiger partial charge in [0.25, 0.3) is 5.91 Å². The van der Waals surface area contributed by atoms with Crippen molar-refractivity contribution in [2.75, 3.05) is 5.32 Å². The van der Waals surface area contributed by atoms with Crippen LogP contribution in [0.1, 0.15) is 77.9 Å². The molecule has 1 aromatic heterocycles. The van der Waals surface area contributed by atoms with E-state index in [9.17, 15) is 14.7 Å². The van der Waals surface area contributed by atoms with Crippen LogP contribution in [-0.4, -0.2) is 21.6 Å². The summed E-state index contributed by atoms with van der Waals surface area (Å²) in [6, 6.07) is 20.6. The fourth-order valence-corrected chi connectivity index (χ4v) is 4.83. The molecule has 1 aliphatic carbocycles. The molecule has 0 unspecified atom stereocenters. The van der Waals surface area contributed by atoms with Crippen molar-refractivity contribution in [3.63, 3.8) is 0 Å². The molecule has 3 aromatic rings. The maximum absolute atomic E-state index is 13.3. The van der Waals surface area contributed by atoms with Gasteiger partial charge in [0.1, 0.15) is 5.69 Å². The number of carboxylic acids is 1. The summed E-state index contributed by atoms with van der Waals surface area (Å²) in [5, 5.41) is 12.4. The minimum Gasteiger partial charge on any atom is -0.481 e. The number of amides is 1. The topological polar surface area (TPSA) is 71.3 Å². The largest absolute Gasteiger partial charge is 0.481 e. The minimum atomic E-state index is -0.747. The first kappa shape index (κ1) is 23.8. The van der Waals surface area contributed by atoms with E-state index in [2.05, 4.69) is 54.1 Å². The van der Waals surface area contributed by atoms with Crippen molar-refractivity contribution in [1.29, 1.82) is 0 Å². The fraction of sp³-hybridized carbons (Fsp3) is 0.379. The lowest BCUT2D eigenvalue weighted by Crippen LogP contribution is -2.20. The third-order valence-corrected chi connectivity index (χ3v) is 6.90. The Labute approximate surface area is 201 Å². The first-order chi connectivity index (χ1) is 16.4. The van der Waals surface area contributed by atoms with Crippen LogP contribution >= 0.6 is 0 Å². The molecule has 0 radical (unpaired) electrons. The number of anilines is 1. The summed E-state index contributed by atoms with van der Waals surface area (Å²) in [5.41, 5.74) is 5.91. The summed E-state index contributed by atoms with van der Waals surface area (Å²) >= 11 is 0. The van der Waals surface area contributed by atoms with Crippen molar-refractivity contribution < 1.29 is 14.7 Å². The predicted molar refractivity (Wildman–Crippen MR) is 136 cm³/mol. The number of benzene rings is 2. The van der Waals surface area contributed by atoms with Crippen LogP contribution in [-0.2, 0) is 17.6 Å². The first-order valence-corrected chi connectivity index (χ1v) is 12.3. The second-order valence-corrected chi connectivity index (χ2v) is 9.55. The molecule has 0 spiro atoms. The number of carbonyl (C=O) groups is 2. The SMILES string of the molecule is CC[C@H](C)n1c(CCCc2ccccc2)ccc1C(=O)Nc1cc(C)cc([C@H]2C[C@@H]2C(=O)O)c1. The number of carboxylic acid groups (broad SMARTS) is 1. The maximum Gasteiger partial charge on any atom is 0.307 e. The summed E-state index contributed by atoms with van der Waals surface area (Å²) in [6.07, 6.45) is 4.56. The zero-order valence-corrected chi connectivity index (χ0v) is 20.3. The highest BCUT2D eigenvalue weighted by molar-refractivity contribution is 6.03. The van der Waals surface area contributed by atoms with E-state index in [0.29, 0.717) is 12.1 Å². The highest BCUT2D eigenvalue weighted by Crippen LogP contribution is 2.48. The van der Waals surface area contributed by atoms with Crippen LogP contribution in [0.4, 0.5) is 5.69 Å². The highest BCUT2D eigenvalue weighted by Gasteiger charge is 2.44. The number of carbonyl (C=O) groups excluding carboxylic acids is 1. The third kappa shape index (κ3) is 5.41. The van der Waals surface area contributed by atoms with Gasteiger partial charge in [-0.25, -0.2) is 0 Å². The number of rotatable bonds is 10. The van der Waals surface area contributed by atoms with Gasteiger partial charge in [-0.2, -0.15) is 0 Å².